The minimum Gasteiger partial charge on any atom is -0.453 e. The van der Waals surface area contributed by atoms with Crippen LogP contribution < -0.4 is 5.32 Å². The van der Waals surface area contributed by atoms with E-state index in [1.807, 2.05) is 17.6 Å². The number of imidazole rings is 1. The number of nitrogens with one attached hydrogen (secondary N) is 1. The fraction of sp³-hybridized carbons (Fsp3) is 0.435. The quantitative estimate of drug-likeness (QED) is 0.758. The van der Waals surface area contributed by atoms with E-state index in [2.05, 4.69) is 10.3 Å². The molecule has 2 aromatic rings. The van der Waals surface area contributed by atoms with Crippen molar-refractivity contribution in [3.8, 4) is 11.3 Å². The van der Waals surface area contributed by atoms with Gasteiger partial charge in [0.05, 0.1) is 37.6 Å². The van der Waals surface area contributed by atoms with Crippen LogP contribution in [0, 0.1) is 11.6 Å². The van der Waals surface area contributed by atoms with Crippen molar-refractivity contribution in [1.29, 1.82) is 0 Å². The normalized spacial score (nSPS) is 17.9. The fourth-order valence-electron chi connectivity index (χ4n) is 4.28. The molecule has 10 heteroatoms. The number of carbonyl (C=O) groups excluding carboxylic acids is 2. The van der Waals surface area contributed by atoms with E-state index in [1.54, 1.807) is 4.90 Å². The maximum absolute atomic E-state index is 15.1. The first-order chi connectivity index (χ1) is 15.8. The molecule has 0 bridgehead atoms. The number of hydrogen-bond donors (Lipinski definition) is 1. The van der Waals surface area contributed by atoms with Gasteiger partial charge in [0.15, 0.2) is 0 Å². The van der Waals surface area contributed by atoms with E-state index in [9.17, 15) is 9.59 Å². The Morgan fingerprint density at radius 3 is 2.67 bits per heavy atom. The number of carbonyl (C=O) groups is 2. The largest absolute Gasteiger partial charge is 0.453 e. The Kier molecular flexibility index (Phi) is 6.46. The lowest BCUT2D eigenvalue weighted by atomic mass is 10.0. The van der Waals surface area contributed by atoms with Crippen LogP contribution in [-0.2, 0) is 22.4 Å². The number of morpholine rings is 1. The number of halogens is 2. The summed E-state index contributed by atoms with van der Waals surface area (Å²) in [5, 5.41) is 2.36. The Hall–Kier alpha value is -3.27. The van der Waals surface area contributed by atoms with Crippen molar-refractivity contribution in [3.63, 3.8) is 0 Å². The van der Waals surface area contributed by atoms with Crippen molar-refractivity contribution >= 4 is 18.1 Å². The molecule has 0 radical (unpaired) electrons. The van der Waals surface area contributed by atoms with E-state index < -0.39 is 23.6 Å². The number of benzene rings is 1. The van der Waals surface area contributed by atoms with Crippen LogP contribution in [0.4, 0.5) is 13.6 Å². The van der Waals surface area contributed by atoms with Crippen molar-refractivity contribution in [2.24, 2.45) is 0 Å². The van der Waals surface area contributed by atoms with Gasteiger partial charge >= 0.3 is 6.09 Å². The number of amides is 2. The standard InChI is InChI=1S/C23H26F2N4O4/c1-13-4-5-29-18(11-15-12-28(6-7-33-15)23(31)32-3)21(27-19(29)8-13)20-16(24)9-14(10-17(20)25)22(30)26-2/h8-10,15H,4-7,11-12H2,1-3H3,(H,26,30). The lowest BCUT2D eigenvalue weighted by Gasteiger charge is -2.32. The van der Waals surface area contributed by atoms with Gasteiger partial charge in [0.1, 0.15) is 17.5 Å². The van der Waals surface area contributed by atoms with E-state index in [0.717, 1.165) is 24.1 Å². The summed E-state index contributed by atoms with van der Waals surface area (Å²) in [6.45, 7) is 3.63. The lowest BCUT2D eigenvalue weighted by Crippen LogP contribution is -2.46. The molecule has 176 valence electrons. The first-order valence-electron chi connectivity index (χ1n) is 10.7. The first kappa shape index (κ1) is 22.9. The van der Waals surface area contributed by atoms with Crippen LogP contribution in [0.25, 0.3) is 17.3 Å². The zero-order valence-electron chi connectivity index (χ0n) is 18.8. The number of nitrogens with zero attached hydrogens (tertiary/aromatic N) is 3. The molecule has 3 heterocycles. The molecule has 4 rings (SSSR count). The van der Waals surface area contributed by atoms with E-state index in [4.69, 9.17) is 9.47 Å². The Morgan fingerprint density at radius 1 is 1.27 bits per heavy atom. The van der Waals surface area contributed by atoms with Gasteiger partial charge in [-0.3, -0.25) is 4.79 Å². The molecular weight excluding hydrogens is 434 g/mol. The highest BCUT2D eigenvalue weighted by atomic mass is 19.1. The van der Waals surface area contributed by atoms with Crippen LogP contribution in [-0.4, -0.2) is 66.4 Å². The van der Waals surface area contributed by atoms with E-state index in [-0.39, 0.29) is 22.9 Å². The van der Waals surface area contributed by atoms with E-state index >= 15 is 8.78 Å². The third-order valence-corrected chi connectivity index (χ3v) is 5.97. The first-order valence-corrected chi connectivity index (χ1v) is 10.7. The zero-order chi connectivity index (χ0) is 23.7. The van der Waals surface area contributed by atoms with Crippen molar-refractivity contribution in [1.82, 2.24) is 19.8 Å². The molecule has 1 aromatic carbocycles. The van der Waals surface area contributed by atoms with Gasteiger partial charge in [-0.1, -0.05) is 5.57 Å². The molecule has 0 saturated carbocycles. The Labute approximate surface area is 190 Å². The van der Waals surface area contributed by atoms with Crippen molar-refractivity contribution < 1.29 is 27.8 Å². The summed E-state index contributed by atoms with van der Waals surface area (Å²) in [6.07, 6.45) is 2.16. The topological polar surface area (TPSA) is 85.7 Å². The molecule has 1 N–H and O–H groups in total. The summed E-state index contributed by atoms with van der Waals surface area (Å²) >= 11 is 0. The zero-order valence-corrected chi connectivity index (χ0v) is 18.8. The molecule has 1 fully saturated rings. The van der Waals surface area contributed by atoms with Crippen LogP contribution in [0.2, 0.25) is 0 Å². The third-order valence-electron chi connectivity index (χ3n) is 5.97. The van der Waals surface area contributed by atoms with Gasteiger partial charge in [-0.2, -0.15) is 0 Å². The molecule has 2 aliphatic rings. The molecule has 2 aliphatic heterocycles. The summed E-state index contributed by atoms with van der Waals surface area (Å²) in [6, 6.07) is 2.02. The second-order valence-electron chi connectivity index (χ2n) is 8.16. The predicted molar refractivity (Wildman–Crippen MR) is 117 cm³/mol. The smallest absolute Gasteiger partial charge is 0.409 e. The molecular formula is C23H26F2N4O4. The number of ether oxygens (including phenoxy) is 2. The average Bonchev–Trinajstić information content (AvgIpc) is 3.14. The Balaban J connectivity index is 1.76. The maximum Gasteiger partial charge on any atom is 0.409 e. The van der Waals surface area contributed by atoms with E-state index in [1.165, 1.54) is 14.2 Å². The molecule has 1 atom stereocenters. The summed E-state index contributed by atoms with van der Waals surface area (Å²) in [5.74, 6) is -1.71. The van der Waals surface area contributed by atoms with Crippen LogP contribution in [0.5, 0.6) is 0 Å². The predicted octanol–water partition coefficient (Wildman–Crippen LogP) is 3.00. The molecule has 2 amide bonds. The number of rotatable bonds is 4. The summed E-state index contributed by atoms with van der Waals surface area (Å²) in [5.41, 5.74) is 1.52. The SMILES string of the molecule is CNC(=O)c1cc(F)c(-c2nc3n(c2CC2CN(C(=O)OC)CCO2)CCC(C)=C3)c(F)c1. The number of methoxy groups -OCH3 is 1. The molecule has 0 aliphatic carbocycles. The number of aromatic nitrogens is 2. The number of fused-ring (bicyclic) bond motifs is 1. The Bertz CT molecular complexity index is 1100. The van der Waals surface area contributed by atoms with Crippen LogP contribution in [0.15, 0.2) is 17.7 Å². The third kappa shape index (κ3) is 4.47. The van der Waals surface area contributed by atoms with Crippen LogP contribution in [0.1, 0.15) is 35.2 Å². The van der Waals surface area contributed by atoms with Gasteiger partial charge < -0.3 is 24.3 Å². The minimum atomic E-state index is -0.869. The highest BCUT2D eigenvalue weighted by molar-refractivity contribution is 5.94. The molecule has 8 nitrogen and oxygen atoms in total. The molecule has 33 heavy (non-hydrogen) atoms. The highest BCUT2D eigenvalue weighted by Gasteiger charge is 2.30. The van der Waals surface area contributed by atoms with Crippen molar-refractivity contribution in [2.45, 2.75) is 32.4 Å². The Morgan fingerprint density at radius 2 is 2.00 bits per heavy atom. The van der Waals surface area contributed by atoms with Gasteiger partial charge in [-0.15, -0.1) is 0 Å². The fourth-order valence-corrected chi connectivity index (χ4v) is 4.28. The van der Waals surface area contributed by atoms with Gasteiger partial charge in [0, 0.05) is 37.8 Å². The molecule has 1 aromatic heterocycles. The van der Waals surface area contributed by atoms with Crippen LogP contribution >= 0.6 is 0 Å². The van der Waals surface area contributed by atoms with Crippen LogP contribution in [0.3, 0.4) is 0 Å². The van der Waals surface area contributed by atoms with Gasteiger partial charge in [0.2, 0.25) is 0 Å². The monoisotopic (exact) mass is 460 g/mol. The van der Waals surface area contributed by atoms with Crippen molar-refractivity contribution in [2.75, 3.05) is 33.9 Å². The molecule has 1 unspecified atom stereocenters. The molecule has 1 saturated heterocycles. The van der Waals surface area contributed by atoms with Gasteiger partial charge in [0.25, 0.3) is 5.91 Å². The number of hydrogen-bond acceptors (Lipinski definition) is 5. The second-order valence-corrected chi connectivity index (χ2v) is 8.16. The summed E-state index contributed by atoms with van der Waals surface area (Å²) < 4.78 is 42.9. The minimum absolute atomic E-state index is 0.109. The van der Waals surface area contributed by atoms with E-state index in [0.29, 0.717) is 44.2 Å². The van der Waals surface area contributed by atoms with Gasteiger partial charge in [-0.05, 0) is 31.6 Å². The summed E-state index contributed by atoms with van der Waals surface area (Å²) in [4.78, 5) is 29.9. The second kappa shape index (κ2) is 9.30. The molecule has 0 spiro atoms. The number of allylic oxidation sites excluding steroid dienone is 1. The van der Waals surface area contributed by atoms with Gasteiger partial charge in [-0.25, -0.2) is 18.6 Å². The van der Waals surface area contributed by atoms with Crippen molar-refractivity contribution in [3.05, 3.63) is 46.4 Å². The lowest BCUT2D eigenvalue weighted by molar-refractivity contribution is -0.0243. The average molecular weight is 460 g/mol. The maximum atomic E-state index is 15.1. The summed E-state index contributed by atoms with van der Waals surface area (Å²) in [7, 11) is 2.71. The highest BCUT2D eigenvalue weighted by Crippen LogP contribution is 2.34.